The highest BCUT2D eigenvalue weighted by Gasteiger charge is 2.31. The zero-order chi connectivity index (χ0) is 26.9. The lowest BCUT2D eigenvalue weighted by molar-refractivity contribution is 0.0655. The lowest BCUT2D eigenvalue weighted by Gasteiger charge is -2.10. The predicted molar refractivity (Wildman–Crippen MR) is 147 cm³/mol. The van der Waals surface area contributed by atoms with Crippen LogP contribution in [0.3, 0.4) is 0 Å². The molecule has 0 aliphatic rings. The van der Waals surface area contributed by atoms with Crippen molar-refractivity contribution in [2.75, 3.05) is 0 Å². The van der Waals surface area contributed by atoms with Gasteiger partial charge in [-0.05, 0) is 47.0 Å². The fourth-order valence-electron chi connectivity index (χ4n) is 4.92. The second-order valence-corrected chi connectivity index (χ2v) is 9.15. The summed E-state index contributed by atoms with van der Waals surface area (Å²) in [6.45, 7) is 0.632. The summed E-state index contributed by atoms with van der Waals surface area (Å²) >= 11 is 0. The third-order valence-electron chi connectivity index (χ3n) is 6.69. The highest BCUT2D eigenvalue weighted by molar-refractivity contribution is 6.17. The van der Waals surface area contributed by atoms with Gasteiger partial charge in [-0.3, -0.25) is 0 Å². The average Bonchev–Trinajstić information content (AvgIpc) is 3.52. The van der Waals surface area contributed by atoms with Gasteiger partial charge in [-0.1, -0.05) is 72.8 Å². The maximum Gasteiger partial charge on any atom is 0.338 e. The number of carboxylic acids is 2. The Morgan fingerprint density at radius 2 is 1.21 bits per heavy atom. The van der Waals surface area contributed by atoms with E-state index < -0.39 is 11.9 Å². The number of carbonyl (C=O) groups is 2. The van der Waals surface area contributed by atoms with E-state index in [9.17, 15) is 19.8 Å². The number of aromatic carboxylic acids is 2. The van der Waals surface area contributed by atoms with Crippen molar-refractivity contribution in [3.05, 3.63) is 125 Å². The molecule has 0 saturated carbocycles. The molecular weight excluding hydrogens is 494 g/mol. The number of rotatable bonds is 9. The van der Waals surface area contributed by atoms with E-state index >= 15 is 0 Å². The molecule has 0 saturated heterocycles. The minimum Gasteiger partial charge on any atom is -0.489 e. The van der Waals surface area contributed by atoms with Gasteiger partial charge >= 0.3 is 11.9 Å². The van der Waals surface area contributed by atoms with Crippen molar-refractivity contribution < 1.29 is 29.3 Å². The molecule has 0 aliphatic carbocycles. The van der Waals surface area contributed by atoms with Crippen LogP contribution in [-0.4, -0.2) is 26.6 Å². The molecule has 6 rings (SSSR count). The fraction of sp³-hybridized carbons (Fsp3) is 0.0625. The summed E-state index contributed by atoms with van der Waals surface area (Å²) in [6.07, 6.45) is 0. The summed E-state index contributed by atoms with van der Waals surface area (Å²) in [5.74, 6) is -1.68. The summed E-state index contributed by atoms with van der Waals surface area (Å²) in [5.41, 5.74) is 3.94. The monoisotopic (exact) mass is 517 g/mol. The van der Waals surface area contributed by atoms with E-state index in [2.05, 4.69) is 0 Å². The molecule has 39 heavy (non-hydrogen) atoms. The smallest absolute Gasteiger partial charge is 0.338 e. The molecular formula is C32H23NO6. The lowest BCUT2D eigenvalue weighted by Crippen LogP contribution is -2.06. The molecule has 2 N–H and O–H groups in total. The lowest BCUT2D eigenvalue weighted by atomic mass is 10.0. The average molecular weight is 518 g/mol. The van der Waals surface area contributed by atoms with E-state index in [0.717, 1.165) is 16.7 Å². The third kappa shape index (κ3) is 4.40. The maximum absolute atomic E-state index is 12.5. The van der Waals surface area contributed by atoms with Crippen LogP contribution in [0.15, 0.2) is 103 Å². The Morgan fingerprint density at radius 3 is 1.79 bits per heavy atom. The Bertz CT molecular complexity index is 1790. The molecule has 7 heteroatoms. The molecule has 0 bridgehead atoms. The molecule has 0 amide bonds. The molecule has 192 valence electrons. The van der Waals surface area contributed by atoms with E-state index in [4.69, 9.17) is 9.47 Å². The van der Waals surface area contributed by atoms with E-state index in [1.54, 1.807) is 16.5 Å². The van der Waals surface area contributed by atoms with E-state index in [1.165, 1.54) is 0 Å². The zero-order valence-electron chi connectivity index (χ0n) is 20.7. The van der Waals surface area contributed by atoms with Crippen LogP contribution in [0.25, 0.3) is 27.7 Å². The molecule has 7 nitrogen and oxygen atoms in total. The second kappa shape index (κ2) is 9.87. The molecule has 3 heterocycles. The first-order chi connectivity index (χ1) is 19.0. The van der Waals surface area contributed by atoms with Crippen molar-refractivity contribution in [2.45, 2.75) is 13.2 Å². The largest absolute Gasteiger partial charge is 0.489 e. The molecule has 0 fully saturated rings. The molecule has 3 aromatic carbocycles. The first-order valence-corrected chi connectivity index (χ1v) is 12.3. The highest BCUT2D eigenvalue weighted by Crippen LogP contribution is 2.41. The van der Waals surface area contributed by atoms with Gasteiger partial charge in [0.25, 0.3) is 0 Å². The van der Waals surface area contributed by atoms with Gasteiger partial charge in [-0.25, -0.2) is 9.59 Å². The summed E-state index contributed by atoms with van der Waals surface area (Å²) in [4.78, 5) is 24.9. The van der Waals surface area contributed by atoms with Crippen molar-refractivity contribution in [1.29, 1.82) is 0 Å². The van der Waals surface area contributed by atoms with Gasteiger partial charge < -0.3 is 24.1 Å². The van der Waals surface area contributed by atoms with Crippen molar-refractivity contribution in [1.82, 2.24) is 4.40 Å². The number of hydrogen-bond donors (Lipinski definition) is 2. The number of benzene rings is 3. The molecule has 0 atom stereocenters. The summed E-state index contributed by atoms with van der Waals surface area (Å²) < 4.78 is 13.6. The van der Waals surface area contributed by atoms with Gasteiger partial charge in [-0.2, -0.15) is 0 Å². The Hall–Kier alpha value is -5.30. The minimum absolute atomic E-state index is 0.211. The molecule has 0 unspecified atom stereocenters. The van der Waals surface area contributed by atoms with Crippen LogP contribution in [0.5, 0.6) is 11.5 Å². The second-order valence-electron chi connectivity index (χ2n) is 9.15. The fourth-order valence-corrected chi connectivity index (χ4v) is 4.92. The first-order valence-electron chi connectivity index (χ1n) is 12.3. The summed E-state index contributed by atoms with van der Waals surface area (Å²) in [7, 11) is 0. The van der Waals surface area contributed by atoms with Crippen molar-refractivity contribution in [3.8, 4) is 22.6 Å². The maximum atomic E-state index is 12.5. The molecule has 0 spiro atoms. The Kier molecular flexibility index (Phi) is 6.09. The topological polar surface area (TPSA) is 97.5 Å². The van der Waals surface area contributed by atoms with E-state index in [0.29, 0.717) is 34.7 Å². The van der Waals surface area contributed by atoms with Crippen LogP contribution in [0, 0.1) is 0 Å². The Labute approximate surface area is 223 Å². The summed E-state index contributed by atoms with van der Waals surface area (Å²) in [6, 6.07) is 32.0. The van der Waals surface area contributed by atoms with Crippen LogP contribution in [-0.2, 0) is 13.2 Å². The predicted octanol–water partition coefficient (Wildman–Crippen LogP) is 6.75. The number of hydrogen-bond acceptors (Lipinski definition) is 4. The van der Waals surface area contributed by atoms with Gasteiger partial charge in [0.2, 0.25) is 0 Å². The molecule has 3 aromatic heterocycles. The molecule has 6 aromatic rings. The zero-order valence-corrected chi connectivity index (χ0v) is 20.7. The molecule has 0 aliphatic heterocycles. The number of ether oxygens (including phenoxy) is 2. The highest BCUT2D eigenvalue weighted by atomic mass is 16.5. The normalized spacial score (nSPS) is 11.2. The third-order valence-corrected chi connectivity index (χ3v) is 6.69. The van der Waals surface area contributed by atoms with Gasteiger partial charge in [0.1, 0.15) is 41.4 Å². The van der Waals surface area contributed by atoms with Gasteiger partial charge in [0.15, 0.2) is 0 Å². The molecule has 0 radical (unpaired) electrons. The van der Waals surface area contributed by atoms with Crippen LogP contribution < -0.4 is 9.47 Å². The van der Waals surface area contributed by atoms with Gasteiger partial charge in [0.05, 0.1) is 5.52 Å². The van der Waals surface area contributed by atoms with E-state index in [1.807, 2.05) is 91.0 Å². The Morgan fingerprint density at radius 1 is 0.641 bits per heavy atom. The standard InChI is InChI=1S/C32H23NO6/c34-31(35)27-28(32(36)37)30-26(39-19-21-9-5-2-6-10-21)16-13-23-17-25(29(27)33(23)30)22-11-14-24(15-12-22)38-18-20-7-3-1-4-8-20/h1-17H,18-19H2,(H,34,35)(H,36,37). The van der Waals surface area contributed by atoms with Crippen molar-refractivity contribution in [2.24, 2.45) is 0 Å². The van der Waals surface area contributed by atoms with Crippen LogP contribution >= 0.6 is 0 Å². The van der Waals surface area contributed by atoms with Crippen LogP contribution in [0.4, 0.5) is 0 Å². The SMILES string of the molecule is O=C(O)c1c(C(=O)O)c2c(-c3ccc(OCc4ccccc4)cc3)cc3ccc(OCc4ccccc4)c1n32. The van der Waals surface area contributed by atoms with Gasteiger partial charge in [-0.15, -0.1) is 0 Å². The van der Waals surface area contributed by atoms with Crippen LogP contribution in [0.2, 0.25) is 0 Å². The van der Waals surface area contributed by atoms with Crippen LogP contribution in [0.1, 0.15) is 31.8 Å². The minimum atomic E-state index is -1.33. The number of nitrogens with zero attached hydrogens (tertiary/aromatic N) is 1. The summed E-state index contributed by atoms with van der Waals surface area (Å²) in [5, 5.41) is 20.3. The van der Waals surface area contributed by atoms with E-state index in [-0.39, 0.29) is 23.3 Å². The number of carboxylic acid groups (broad SMARTS) is 2. The van der Waals surface area contributed by atoms with Crippen molar-refractivity contribution >= 4 is 28.5 Å². The quantitative estimate of drug-likeness (QED) is 0.220. The Balaban J connectivity index is 1.43. The van der Waals surface area contributed by atoms with Gasteiger partial charge in [0, 0.05) is 11.1 Å². The number of pyridine rings is 1. The first kappa shape index (κ1) is 24.1. The van der Waals surface area contributed by atoms with Crippen molar-refractivity contribution in [3.63, 3.8) is 0 Å². The number of aromatic nitrogens is 1.